The van der Waals surface area contributed by atoms with Crippen molar-refractivity contribution in [1.29, 1.82) is 0 Å². The number of aromatic nitrogens is 1. The number of thioether (sulfide) groups is 1. The van der Waals surface area contributed by atoms with Crippen molar-refractivity contribution < 1.29 is 9.59 Å². The Morgan fingerprint density at radius 2 is 1.48 bits per heavy atom. The van der Waals surface area contributed by atoms with Crippen molar-refractivity contribution in [1.82, 2.24) is 9.47 Å². The fourth-order valence-corrected chi connectivity index (χ4v) is 5.20. The number of halogens is 2. The average Bonchev–Trinajstić information content (AvgIpc) is 3.26. The number of rotatable bonds is 5. The van der Waals surface area contributed by atoms with Gasteiger partial charge in [0.05, 0.1) is 11.4 Å². The molecular weight excluding hydrogens is 475 g/mol. The van der Waals surface area contributed by atoms with Crippen LogP contribution in [0.5, 0.6) is 0 Å². The first kappa shape index (κ1) is 21.8. The number of nitrogens with zero attached hydrogens (tertiary/aromatic N) is 2. The number of amides is 2. The van der Waals surface area contributed by atoms with Crippen molar-refractivity contribution in [3.05, 3.63) is 111 Å². The highest BCUT2D eigenvalue weighted by molar-refractivity contribution is 8.18. The Balaban J connectivity index is 1.46. The van der Waals surface area contributed by atoms with E-state index in [1.54, 1.807) is 24.3 Å². The van der Waals surface area contributed by atoms with E-state index in [0.29, 0.717) is 21.5 Å². The molecule has 2 amide bonds. The van der Waals surface area contributed by atoms with Gasteiger partial charge in [-0.25, -0.2) is 0 Å². The smallest absolute Gasteiger partial charge is 0.293 e. The van der Waals surface area contributed by atoms with Gasteiger partial charge in [-0.1, -0.05) is 65.7 Å². The summed E-state index contributed by atoms with van der Waals surface area (Å²) in [5.74, 6) is -0.295. The average molecular weight is 493 g/mol. The zero-order valence-corrected chi connectivity index (χ0v) is 19.7. The Bertz CT molecular complexity index is 1430. The van der Waals surface area contributed by atoms with E-state index < -0.39 is 0 Å². The molecule has 5 rings (SSSR count). The molecule has 0 atom stereocenters. The topological polar surface area (TPSA) is 42.3 Å². The summed E-state index contributed by atoms with van der Waals surface area (Å²) in [7, 11) is 0. The Hall–Kier alpha value is -2.99. The molecule has 2 heterocycles. The summed E-state index contributed by atoms with van der Waals surface area (Å²) in [5, 5.41) is 2.00. The minimum absolute atomic E-state index is 0.194. The molecular formula is C26H18Cl2N2O2S. The molecule has 0 bridgehead atoms. The van der Waals surface area contributed by atoms with Gasteiger partial charge in [-0.05, 0) is 59.3 Å². The van der Waals surface area contributed by atoms with Gasteiger partial charge in [0.1, 0.15) is 0 Å². The summed E-state index contributed by atoms with van der Waals surface area (Å²) in [6.07, 6.45) is 3.82. The molecule has 0 spiro atoms. The second-order valence-electron chi connectivity index (χ2n) is 7.76. The van der Waals surface area contributed by atoms with Gasteiger partial charge < -0.3 is 4.57 Å². The SMILES string of the molecule is O=C1S/C(=C\c2cn(Cc3cccc(Cl)c3)c3ccccc23)C(=O)N1Cc1cccc(Cl)c1. The number of benzene rings is 3. The van der Waals surface area contributed by atoms with E-state index in [1.807, 2.05) is 60.8 Å². The van der Waals surface area contributed by atoms with Crippen molar-refractivity contribution >= 4 is 63.1 Å². The van der Waals surface area contributed by atoms with Crippen molar-refractivity contribution in [2.75, 3.05) is 0 Å². The maximum absolute atomic E-state index is 13.0. The number of hydrogen-bond donors (Lipinski definition) is 0. The second-order valence-corrected chi connectivity index (χ2v) is 9.62. The first-order valence-corrected chi connectivity index (χ1v) is 11.9. The third-order valence-corrected chi connectivity index (χ3v) is 6.83. The van der Waals surface area contributed by atoms with Gasteiger partial charge in [0.15, 0.2) is 0 Å². The van der Waals surface area contributed by atoms with Crippen LogP contribution in [0.25, 0.3) is 17.0 Å². The highest BCUT2D eigenvalue weighted by Crippen LogP contribution is 2.35. The van der Waals surface area contributed by atoms with Gasteiger partial charge >= 0.3 is 0 Å². The highest BCUT2D eigenvalue weighted by atomic mass is 35.5. The van der Waals surface area contributed by atoms with Gasteiger partial charge in [-0.15, -0.1) is 0 Å². The molecule has 1 fully saturated rings. The van der Waals surface area contributed by atoms with Gasteiger partial charge in [0.25, 0.3) is 11.1 Å². The highest BCUT2D eigenvalue weighted by Gasteiger charge is 2.35. The van der Waals surface area contributed by atoms with E-state index in [4.69, 9.17) is 23.2 Å². The van der Waals surface area contributed by atoms with Gasteiger partial charge in [0, 0.05) is 39.3 Å². The predicted molar refractivity (Wildman–Crippen MR) is 135 cm³/mol. The van der Waals surface area contributed by atoms with E-state index in [-0.39, 0.29) is 17.7 Å². The lowest BCUT2D eigenvalue weighted by molar-refractivity contribution is -0.123. The molecule has 33 heavy (non-hydrogen) atoms. The second kappa shape index (κ2) is 9.10. The molecule has 1 aromatic heterocycles. The maximum Gasteiger partial charge on any atom is 0.293 e. The number of hydrogen-bond acceptors (Lipinski definition) is 3. The lowest BCUT2D eigenvalue weighted by Gasteiger charge is -2.12. The minimum atomic E-state index is -0.295. The molecule has 1 aliphatic rings. The van der Waals surface area contributed by atoms with E-state index in [2.05, 4.69) is 4.57 Å². The lowest BCUT2D eigenvalue weighted by Crippen LogP contribution is -2.27. The summed E-state index contributed by atoms with van der Waals surface area (Å²) >= 11 is 13.2. The minimum Gasteiger partial charge on any atom is -0.342 e. The fourth-order valence-electron chi connectivity index (χ4n) is 3.95. The number of para-hydroxylation sites is 1. The van der Waals surface area contributed by atoms with Crippen molar-refractivity contribution in [3.8, 4) is 0 Å². The summed E-state index contributed by atoms with van der Waals surface area (Å²) in [6.45, 7) is 0.838. The molecule has 1 aliphatic heterocycles. The number of carbonyl (C=O) groups excluding carboxylic acids is 2. The van der Waals surface area contributed by atoms with Crippen molar-refractivity contribution in [2.24, 2.45) is 0 Å². The Morgan fingerprint density at radius 3 is 2.18 bits per heavy atom. The predicted octanol–water partition coefficient (Wildman–Crippen LogP) is 7.23. The summed E-state index contributed by atoms with van der Waals surface area (Å²) < 4.78 is 2.13. The lowest BCUT2D eigenvalue weighted by atomic mass is 10.1. The summed E-state index contributed by atoms with van der Waals surface area (Å²) in [5.41, 5.74) is 3.82. The Morgan fingerprint density at radius 1 is 0.818 bits per heavy atom. The molecule has 4 aromatic rings. The van der Waals surface area contributed by atoms with Gasteiger partial charge in [-0.3, -0.25) is 14.5 Å². The fraction of sp³-hybridized carbons (Fsp3) is 0.0769. The zero-order chi connectivity index (χ0) is 22.9. The van der Waals surface area contributed by atoms with Crippen LogP contribution in [0, 0.1) is 0 Å². The third-order valence-electron chi connectivity index (χ3n) is 5.45. The number of imide groups is 1. The van der Waals surface area contributed by atoms with Crippen LogP contribution < -0.4 is 0 Å². The molecule has 0 N–H and O–H groups in total. The van der Waals surface area contributed by atoms with Crippen LogP contribution in [0.4, 0.5) is 4.79 Å². The molecule has 164 valence electrons. The number of carbonyl (C=O) groups is 2. The molecule has 4 nitrogen and oxygen atoms in total. The normalized spacial score (nSPS) is 15.2. The molecule has 0 saturated carbocycles. The maximum atomic E-state index is 13.0. The first-order chi connectivity index (χ1) is 16.0. The largest absolute Gasteiger partial charge is 0.342 e. The quantitative estimate of drug-likeness (QED) is 0.276. The van der Waals surface area contributed by atoms with Gasteiger partial charge in [-0.2, -0.15) is 0 Å². The first-order valence-electron chi connectivity index (χ1n) is 10.3. The molecule has 3 aromatic carbocycles. The van der Waals surface area contributed by atoms with Crippen LogP contribution in [0.15, 0.2) is 83.9 Å². The zero-order valence-electron chi connectivity index (χ0n) is 17.4. The standard InChI is InChI=1S/C26H18Cl2N2O2S/c27-20-7-3-5-17(11-20)14-29-16-19(22-9-1-2-10-23(22)29)13-24-25(31)30(26(32)33-24)15-18-6-4-8-21(28)12-18/h1-13,16H,14-15H2/b24-13-. The van der Waals surface area contributed by atoms with Crippen LogP contribution in [0.1, 0.15) is 16.7 Å². The van der Waals surface area contributed by atoms with Crippen molar-refractivity contribution in [2.45, 2.75) is 13.1 Å². The van der Waals surface area contributed by atoms with E-state index >= 15 is 0 Å². The van der Waals surface area contributed by atoms with Crippen LogP contribution in [0.2, 0.25) is 10.0 Å². The van der Waals surface area contributed by atoms with E-state index in [9.17, 15) is 9.59 Å². The monoisotopic (exact) mass is 492 g/mol. The van der Waals surface area contributed by atoms with Crippen LogP contribution in [-0.4, -0.2) is 20.6 Å². The third kappa shape index (κ3) is 4.58. The van der Waals surface area contributed by atoms with E-state index in [0.717, 1.165) is 39.4 Å². The van der Waals surface area contributed by atoms with Crippen LogP contribution in [-0.2, 0) is 17.9 Å². The Labute approximate surface area is 205 Å². The number of fused-ring (bicyclic) bond motifs is 1. The van der Waals surface area contributed by atoms with Crippen LogP contribution >= 0.6 is 35.0 Å². The van der Waals surface area contributed by atoms with Gasteiger partial charge in [0.2, 0.25) is 0 Å². The summed E-state index contributed by atoms with van der Waals surface area (Å²) in [4.78, 5) is 27.3. The molecule has 0 unspecified atom stereocenters. The van der Waals surface area contributed by atoms with Crippen LogP contribution in [0.3, 0.4) is 0 Å². The summed E-state index contributed by atoms with van der Waals surface area (Å²) in [6, 6.07) is 22.9. The molecule has 0 radical (unpaired) electrons. The van der Waals surface area contributed by atoms with Crippen molar-refractivity contribution in [3.63, 3.8) is 0 Å². The molecule has 1 saturated heterocycles. The molecule has 0 aliphatic carbocycles. The Kier molecular flexibility index (Phi) is 6.02. The molecule has 7 heteroatoms. The van der Waals surface area contributed by atoms with E-state index in [1.165, 1.54) is 4.90 Å².